The number of piperidine rings is 2. The third-order valence-corrected chi connectivity index (χ3v) is 4.77. The summed E-state index contributed by atoms with van der Waals surface area (Å²) in [6.45, 7) is 4.79. The largest absolute Gasteiger partial charge is 0.372 e. The molecule has 2 fully saturated rings. The molecule has 1 N–H and O–H groups in total. The molecule has 110 valence electrons. The predicted octanol–water partition coefficient (Wildman–Crippen LogP) is 2.87. The lowest BCUT2D eigenvalue weighted by Gasteiger charge is -2.35. The molecule has 3 nitrogen and oxygen atoms in total. The maximum absolute atomic E-state index is 3.42. The molecule has 3 rings (SSSR count). The molecule has 0 saturated carbocycles. The summed E-state index contributed by atoms with van der Waals surface area (Å²) in [5.74, 6) is 0. The van der Waals surface area contributed by atoms with Crippen LogP contribution in [0.25, 0.3) is 0 Å². The topological polar surface area (TPSA) is 18.5 Å². The summed E-state index contributed by atoms with van der Waals surface area (Å²) in [4.78, 5) is 5.05. The number of hydrogen-bond donors (Lipinski definition) is 1. The van der Waals surface area contributed by atoms with Crippen molar-refractivity contribution < 1.29 is 0 Å². The number of nitrogens with one attached hydrogen (secondary N) is 1. The second-order valence-corrected chi connectivity index (χ2v) is 6.14. The van der Waals surface area contributed by atoms with Crippen LogP contribution in [0.3, 0.4) is 0 Å². The first-order chi connectivity index (χ1) is 9.86. The van der Waals surface area contributed by atoms with E-state index in [0.717, 1.165) is 6.54 Å². The maximum atomic E-state index is 3.42. The lowest BCUT2D eigenvalue weighted by Crippen LogP contribution is -2.44. The van der Waals surface area contributed by atoms with Gasteiger partial charge in [0, 0.05) is 43.6 Å². The second-order valence-electron chi connectivity index (χ2n) is 6.14. The van der Waals surface area contributed by atoms with Gasteiger partial charge in [0.1, 0.15) is 0 Å². The smallest absolute Gasteiger partial charge is 0.0368 e. The molecular weight excluding hydrogens is 246 g/mol. The number of likely N-dealkylation sites (N-methyl/N-ethyl adjacent to an activating group) is 1. The van der Waals surface area contributed by atoms with Crippen molar-refractivity contribution in [2.75, 3.05) is 43.0 Å². The van der Waals surface area contributed by atoms with Gasteiger partial charge in [-0.15, -0.1) is 0 Å². The fourth-order valence-corrected chi connectivity index (χ4v) is 3.47. The Bertz CT molecular complexity index is 409. The van der Waals surface area contributed by atoms with Crippen molar-refractivity contribution in [3.8, 4) is 0 Å². The van der Waals surface area contributed by atoms with Crippen molar-refractivity contribution in [1.82, 2.24) is 5.32 Å². The van der Waals surface area contributed by atoms with Gasteiger partial charge in [-0.2, -0.15) is 0 Å². The molecule has 1 aromatic rings. The van der Waals surface area contributed by atoms with Crippen LogP contribution in [0, 0.1) is 0 Å². The van der Waals surface area contributed by atoms with Crippen molar-refractivity contribution in [3.63, 3.8) is 0 Å². The molecule has 2 aliphatic rings. The van der Waals surface area contributed by atoms with E-state index in [9.17, 15) is 0 Å². The minimum atomic E-state index is 0.644. The van der Waals surface area contributed by atoms with Crippen molar-refractivity contribution in [3.05, 3.63) is 24.3 Å². The van der Waals surface area contributed by atoms with E-state index in [4.69, 9.17) is 0 Å². The minimum Gasteiger partial charge on any atom is -0.372 e. The molecule has 1 aromatic carbocycles. The lowest BCUT2D eigenvalue weighted by molar-refractivity contribution is 0.449. The summed E-state index contributed by atoms with van der Waals surface area (Å²) in [6, 6.07) is 9.88. The summed E-state index contributed by atoms with van der Waals surface area (Å²) in [5, 5.41) is 3.42. The van der Waals surface area contributed by atoms with Crippen LogP contribution in [0.2, 0.25) is 0 Å². The second kappa shape index (κ2) is 6.49. The molecule has 0 aliphatic carbocycles. The zero-order valence-electron chi connectivity index (χ0n) is 12.6. The molecule has 2 aliphatic heterocycles. The number of anilines is 2. The lowest BCUT2D eigenvalue weighted by atomic mass is 10.0. The van der Waals surface area contributed by atoms with Gasteiger partial charge in [-0.05, 0) is 63.4 Å². The van der Waals surface area contributed by atoms with E-state index in [1.807, 2.05) is 0 Å². The summed E-state index contributed by atoms with van der Waals surface area (Å²) in [5.41, 5.74) is 2.78. The molecule has 0 bridgehead atoms. The van der Waals surface area contributed by atoms with Gasteiger partial charge in [0.05, 0.1) is 0 Å². The molecule has 3 heteroatoms. The Labute approximate surface area is 123 Å². The Hall–Kier alpha value is -1.22. The average Bonchev–Trinajstić information content (AvgIpc) is 2.56. The average molecular weight is 273 g/mol. The predicted molar refractivity (Wildman–Crippen MR) is 86.8 cm³/mol. The highest BCUT2D eigenvalue weighted by Gasteiger charge is 2.19. The summed E-state index contributed by atoms with van der Waals surface area (Å²) in [6.07, 6.45) is 6.68. The van der Waals surface area contributed by atoms with Crippen LogP contribution in [0.15, 0.2) is 24.3 Å². The highest BCUT2D eigenvalue weighted by Crippen LogP contribution is 2.25. The maximum Gasteiger partial charge on any atom is 0.0368 e. The normalized spacial score (nSPS) is 23.9. The van der Waals surface area contributed by atoms with Crippen molar-refractivity contribution in [2.24, 2.45) is 0 Å². The van der Waals surface area contributed by atoms with E-state index in [1.165, 1.54) is 63.1 Å². The first-order valence-corrected chi connectivity index (χ1v) is 8.14. The highest BCUT2D eigenvalue weighted by molar-refractivity contribution is 5.56. The molecule has 0 amide bonds. The summed E-state index contributed by atoms with van der Waals surface area (Å²) < 4.78 is 0. The Morgan fingerprint density at radius 3 is 2.10 bits per heavy atom. The first kappa shape index (κ1) is 13.7. The molecule has 2 heterocycles. The third-order valence-electron chi connectivity index (χ3n) is 4.77. The van der Waals surface area contributed by atoms with Crippen molar-refractivity contribution >= 4 is 11.4 Å². The van der Waals surface area contributed by atoms with Gasteiger partial charge in [-0.1, -0.05) is 0 Å². The van der Waals surface area contributed by atoms with Crippen LogP contribution in [0.4, 0.5) is 11.4 Å². The van der Waals surface area contributed by atoms with Crippen molar-refractivity contribution in [1.29, 1.82) is 0 Å². The van der Waals surface area contributed by atoms with Gasteiger partial charge in [0.2, 0.25) is 0 Å². The van der Waals surface area contributed by atoms with Crippen LogP contribution < -0.4 is 15.1 Å². The Morgan fingerprint density at radius 2 is 1.45 bits per heavy atom. The van der Waals surface area contributed by atoms with Gasteiger partial charge >= 0.3 is 0 Å². The van der Waals surface area contributed by atoms with E-state index in [-0.39, 0.29) is 0 Å². The van der Waals surface area contributed by atoms with Gasteiger partial charge in [0.15, 0.2) is 0 Å². The summed E-state index contributed by atoms with van der Waals surface area (Å²) in [7, 11) is 2.08. The fraction of sp³-hybridized carbons (Fsp3) is 0.647. The van der Waals surface area contributed by atoms with Crippen LogP contribution >= 0.6 is 0 Å². The Balaban J connectivity index is 1.66. The monoisotopic (exact) mass is 273 g/mol. The Morgan fingerprint density at radius 1 is 0.850 bits per heavy atom. The van der Waals surface area contributed by atoms with E-state index in [0.29, 0.717) is 6.04 Å². The number of benzene rings is 1. The van der Waals surface area contributed by atoms with E-state index in [1.54, 1.807) is 0 Å². The molecule has 0 spiro atoms. The quantitative estimate of drug-likeness (QED) is 0.913. The Kier molecular flexibility index (Phi) is 4.46. The SMILES string of the molecule is CNC1CCCN(c2ccc(N3CCCCC3)cc2)C1. The standard InChI is InChI=1S/C17H27N3/c1-18-15-6-5-13-20(14-15)17-9-7-16(8-10-17)19-11-3-2-4-12-19/h7-10,15,18H,2-6,11-14H2,1H3. The zero-order chi connectivity index (χ0) is 13.8. The van der Waals surface area contributed by atoms with Crippen molar-refractivity contribution in [2.45, 2.75) is 38.1 Å². The molecule has 2 saturated heterocycles. The van der Waals surface area contributed by atoms with Gasteiger partial charge in [-0.3, -0.25) is 0 Å². The molecule has 1 atom stereocenters. The van der Waals surface area contributed by atoms with Gasteiger partial charge < -0.3 is 15.1 Å². The molecule has 20 heavy (non-hydrogen) atoms. The van der Waals surface area contributed by atoms with Crippen LogP contribution in [0.5, 0.6) is 0 Å². The van der Waals surface area contributed by atoms with Gasteiger partial charge in [-0.25, -0.2) is 0 Å². The van der Waals surface area contributed by atoms with Crippen LogP contribution in [-0.2, 0) is 0 Å². The minimum absolute atomic E-state index is 0.644. The number of hydrogen-bond acceptors (Lipinski definition) is 3. The van der Waals surface area contributed by atoms with E-state index >= 15 is 0 Å². The van der Waals surface area contributed by atoms with E-state index < -0.39 is 0 Å². The molecular formula is C17H27N3. The van der Waals surface area contributed by atoms with Crippen LogP contribution in [-0.4, -0.2) is 39.3 Å². The first-order valence-electron chi connectivity index (χ1n) is 8.14. The highest BCUT2D eigenvalue weighted by atomic mass is 15.2. The fourth-order valence-electron chi connectivity index (χ4n) is 3.47. The number of rotatable bonds is 3. The molecule has 1 unspecified atom stereocenters. The molecule has 0 radical (unpaired) electrons. The van der Waals surface area contributed by atoms with Gasteiger partial charge in [0.25, 0.3) is 0 Å². The third kappa shape index (κ3) is 3.09. The number of nitrogens with zero attached hydrogens (tertiary/aromatic N) is 2. The molecule has 0 aromatic heterocycles. The van der Waals surface area contributed by atoms with E-state index in [2.05, 4.69) is 46.4 Å². The zero-order valence-corrected chi connectivity index (χ0v) is 12.6. The summed E-state index contributed by atoms with van der Waals surface area (Å²) >= 11 is 0. The van der Waals surface area contributed by atoms with Crippen LogP contribution in [0.1, 0.15) is 32.1 Å².